The van der Waals surface area contributed by atoms with Crippen molar-refractivity contribution < 1.29 is 0 Å². The van der Waals surface area contributed by atoms with E-state index in [0.717, 1.165) is 17.1 Å². The summed E-state index contributed by atoms with van der Waals surface area (Å²) in [6, 6.07) is 12.1. The molecule has 0 aliphatic heterocycles. The summed E-state index contributed by atoms with van der Waals surface area (Å²) < 4.78 is 1.85. The molecule has 25 heavy (non-hydrogen) atoms. The first-order valence-corrected chi connectivity index (χ1v) is 8.22. The third kappa shape index (κ3) is 4.44. The van der Waals surface area contributed by atoms with Gasteiger partial charge in [0.15, 0.2) is 5.96 Å². The Morgan fingerprint density at radius 1 is 1.28 bits per heavy atom. The molecule has 0 bridgehead atoms. The smallest absolute Gasteiger partial charge is 0.193 e. The number of aromatic nitrogens is 3. The van der Waals surface area contributed by atoms with Crippen molar-refractivity contribution in [2.45, 2.75) is 26.3 Å². The highest BCUT2D eigenvalue weighted by Gasteiger charge is 2.02. The van der Waals surface area contributed by atoms with Crippen LogP contribution < -0.4 is 11.1 Å². The number of nitrogens with two attached hydrogens (primary N) is 1. The van der Waals surface area contributed by atoms with Crippen LogP contribution in [0.2, 0.25) is 0 Å². The van der Waals surface area contributed by atoms with Crippen LogP contribution in [0.5, 0.6) is 0 Å². The fraction of sp³-hybridized carbons (Fsp3) is 0.211. The minimum absolute atomic E-state index is 0.389. The summed E-state index contributed by atoms with van der Waals surface area (Å²) in [5, 5.41) is 3.14. The molecule has 0 spiro atoms. The Balaban J connectivity index is 1.62. The number of nitrogens with zero attached hydrogens (tertiary/aromatic N) is 4. The molecule has 3 rings (SSSR count). The van der Waals surface area contributed by atoms with Crippen LogP contribution >= 0.6 is 0 Å². The van der Waals surface area contributed by atoms with E-state index >= 15 is 0 Å². The number of imidazole rings is 1. The van der Waals surface area contributed by atoms with E-state index < -0.39 is 0 Å². The molecule has 128 valence electrons. The molecule has 0 unspecified atom stereocenters. The number of benzene rings is 1. The van der Waals surface area contributed by atoms with Gasteiger partial charge in [0.25, 0.3) is 0 Å². The lowest BCUT2D eigenvalue weighted by atomic mass is 10.0. The number of anilines is 1. The number of aliphatic imine (C=N–C) groups is 1. The number of rotatable bonds is 5. The molecule has 0 saturated carbocycles. The van der Waals surface area contributed by atoms with Gasteiger partial charge in [-0.15, -0.1) is 0 Å². The van der Waals surface area contributed by atoms with E-state index in [1.54, 1.807) is 18.7 Å². The summed E-state index contributed by atoms with van der Waals surface area (Å²) in [5.41, 5.74) is 9.19. The topological polar surface area (TPSA) is 81.1 Å². The quantitative estimate of drug-likeness (QED) is 0.554. The van der Waals surface area contributed by atoms with E-state index in [1.807, 2.05) is 35.0 Å². The zero-order valence-electron chi connectivity index (χ0n) is 14.4. The third-order valence-corrected chi connectivity index (χ3v) is 3.84. The van der Waals surface area contributed by atoms with E-state index in [-0.39, 0.29) is 0 Å². The largest absolute Gasteiger partial charge is 0.370 e. The van der Waals surface area contributed by atoms with Gasteiger partial charge in [0.1, 0.15) is 12.1 Å². The van der Waals surface area contributed by atoms with Crippen LogP contribution in [0.4, 0.5) is 5.69 Å². The van der Waals surface area contributed by atoms with Gasteiger partial charge in [-0.1, -0.05) is 32.0 Å². The van der Waals surface area contributed by atoms with Gasteiger partial charge in [0, 0.05) is 24.3 Å². The van der Waals surface area contributed by atoms with Gasteiger partial charge in [-0.2, -0.15) is 0 Å². The highest BCUT2D eigenvalue weighted by atomic mass is 15.1. The molecule has 3 aromatic rings. The summed E-state index contributed by atoms with van der Waals surface area (Å²) in [6.07, 6.45) is 7.09. The standard InChI is InChI=1S/C19H22N6/c1-14(2)16-4-3-5-17(10-16)24-19(20)23-12-15-6-7-18(22-11-15)25-9-8-21-13-25/h3-11,13-14H,12H2,1-2H3,(H3,20,23,24). The summed E-state index contributed by atoms with van der Waals surface area (Å²) in [6.45, 7) is 4.80. The molecule has 6 nitrogen and oxygen atoms in total. The van der Waals surface area contributed by atoms with Crippen molar-refractivity contribution in [2.75, 3.05) is 5.32 Å². The van der Waals surface area contributed by atoms with E-state index in [1.165, 1.54) is 5.56 Å². The van der Waals surface area contributed by atoms with Gasteiger partial charge < -0.3 is 11.1 Å². The van der Waals surface area contributed by atoms with Crippen molar-refractivity contribution in [3.05, 3.63) is 72.4 Å². The number of nitrogens with one attached hydrogen (secondary N) is 1. The lowest BCUT2D eigenvalue weighted by Crippen LogP contribution is -2.22. The summed E-state index contributed by atoms with van der Waals surface area (Å²) in [5.74, 6) is 1.68. The van der Waals surface area contributed by atoms with Crippen LogP contribution in [0.3, 0.4) is 0 Å². The number of hydrogen-bond donors (Lipinski definition) is 2. The Bertz CT molecular complexity index is 835. The molecule has 2 aromatic heterocycles. The van der Waals surface area contributed by atoms with Crippen LogP contribution in [-0.4, -0.2) is 20.5 Å². The first-order chi connectivity index (χ1) is 12.1. The van der Waals surface area contributed by atoms with E-state index in [9.17, 15) is 0 Å². The average Bonchev–Trinajstić information content (AvgIpc) is 3.15. The fourth-order valence-corrected chi connectivity index (χ4v) is 2.40. The second-order valence-electron chi connectivity index (χ2n) is 6.10. The molecule has 2 heterocycles. The Hall–Kier alpha value is -3.15. The maximum Gasteiger partial charge on any atom is 0.193 e. The zero-order valence-corrected chi connectivity index (χ0v) is 14.4. The molecule has 0 aliphatic carbocycles. The van der Waals surface area contributed by atoms with Crippen LogP contribution in [0, 0.1) is 0 Å². The van der Waals surface area contributed by atoms with Gasteiger partial charge in [0.2, 0.25) is 0 Å². The molecule has 1 aromatic carbocycles. The molecular formula is C19H22N6. The SMILES string of the molecule is CC(C)c1cccc(NC(N)=NCc2ccc(-n3ccnc3)nc2)c1. The van der Waals surface area contributed by atoms with Crippen LogP contribution in [0.15, 0.2) is 66.3 Å². The molecule has 0 atom stereocenters. The molecule has 0 aliphatic rings. The first-order valence-electron chi connectivity index (χ1n) is 8.22. The lowest BCUT2D eigenvalue weighted by molar-refractivity contribution is 0.867. The number of guanidine groups is 1. The van der Waals surface area contributed by atoms with Crippen LogP contribution in [0.1, 0.15) is 30.9 Å². The summed E-state index contributed by atoms with van der Waals surface area (Å²) in [7, 11) is 0. The fourth-order valence-electron chi connectivity index (χ4n) is 2.40. The van der Waals surface area contributed by atoms with E-state index in [2.05, 4.69) is 46.3 Å². The van der Waals surface area contributed by atoms with Crippen molar-refractivity contribution in [1.29, 1.82) is 0 Å². The molecule has 6 heteroatoms. The van der Waals surface area contributed by atoms with Crippen LogP contribution in [0.25, 0.3) is 5.82 Å². The monoisotopic (exact) mass is 334 g/mol. The van der Waals surface area contributed by atoms with Crippen molar-refractivity contribution in [3.8, 4) is 5.82 Å². The first kappa shape index (κ1) is 16.7. The highest BCUT2D eigenvalue weighted by Crippen LogP contribution is 2.18. The normalized spacial score (nSPS) is 11.7. The maximum atomic E-state index is 5.99. The average molecular weight is 334 g/mol. The Morgan fingerprint density at radius 2 is 2.16 bits per heavy atom. The molecular weight excluding hydrogens is 312 g/mol. The number of hydrogen-bond acceptors (Lipinski definition) is 3. The van der Waals surface area contributed by atoms with Crippen molar-refractivity contribution in [1.82, 2.24) is 14.5 Å². The minimum atomic E-state index is 0.389. The predicted molar refractivity (Wildman–Crippen MR) is 101 cm³/mol. The highest BCUT2D eigenvalue weighted by molar-refractivity contribution is 5.92. The van der Waals surface area contributed by atoms with E-state index in [4.69, 9.17) is 5.73 Å². The van der Waals surface area contributed by atoms with Gasteiger partial charge >= 0.3 is 0 Å². The van der Waals surface area contributed by atoms with Crippen molar-refractivity contribution in [2.24, 2.45) is 10.7 Å². The van der Waals surface area contributed by atoms with Gasteiger partial charge in [-0.05, 0) is 35.2 Å². The molecule has 0 amide bonds. The third-order valence-electron chi connectivity index (χ3n) is 3.84. The Labute approximate surface area is 147 Å². The zero-order chi connectivity index (χ0) is 17.6. The minimum Gasteiger partial charge on any atom is -0.370 e. The second kappa shape index (κ2) is 7.61. The van der Waals surface area contributed by atoms with Gasteiger partial charge in [0.05, 0.1) is 6.54 Å². The lowest BCUT2D eigenvalue weighted by Gasteiger charge is -2.10. The van der Waals surface area contributed by atoms with Crippen LogP contribution in [-0.2, 0) is 6.54 Å². The summed E-state index contributed by atoms with van der Waals surface area (Å²) >= 11 is 0. The van der Waals surface area contributed by atoms with Crippen molar-refractivity contribution in [3.63, 3.8) is 0 Å². The molecule has 0 fully saturated rings. The summed E-state index contributed by atoms with van der Waals surface area (Å²) in [4.78, 5) is 12.8. The Kier molecular flexibility index (Phi) is 5.09. The van der Waals surface area contributed by atoms with Gasteiger partial charge in [-0.25, -0.2) is 15.0 Å². The van der Waals surface area contributed by atoms with Gasteiger partial charge in [-0.3, -0.25) is 4.57 Å². The molecule has 0 saturated heterocycles. The maximum absolute atomic E-state index is 5.99. The molecule has 0 radical (unpaired) electrons. The predicted octanol–water partition coefficient (Wildman–Crippen LogP) is 3.32. The second-order valence-corrected chi connectivity index (χ2v) is 6.10. The Morgan fingerprint density at radius 3 is 2.84 bits per heavy atom. The van der Waals surface area contributed by atoms with E-state index in [0.29, 0.717) is 18.4 Å². The van der Waals surface area contributed by atoms with Crippen molar-refractivity contribution >= 4 is 11.6 Å². The number of pyridine rings is 1. The molecule has 3 N–H and O–H groups in total.